The molecule has 6 heteroatoms. The summed E-state index contributed by atoms with van der Waals surface area (Å²) in [6, 6.07) is 15.6. The van der Waals surface area contributed by atoms with Crippen LogP contribution in [0.1, 0.15) is 5.69 Å². The molecule has 2 heterocycles. The number of aromatic nitrogens is 2. The molecule has 0 unspecified atom stereocenters. The first-order chi connectivity index (χ1) is 12.2. The fourth-order valence-electron chi connectivity index (χ4n) is 3.22. The van der Waals surface area contributed by atoms with E-state index in [1.54, 1.807) is 0 Å². The molecule has 3 aromatic rings. The maximum atomic E-state index is 12.3. The molecule has 1 aromatic heterocycles. The zero-order valence-electron chi connectivity index (χ0n) is 13.8. The first-order valence-electron chi connectivity index (χ1n) is 8.40. The van der Waals surface area contributed by atoms with Crippen molar-refractivity contribution in [1.29, 1.82) is 0 Å². The second-order valence-electron chi connectivity index (χ2n) is 6.27. The van der Waals surface area contributed by atoms with Crippen LogP contribution in [-0.2, 0) is 6.54 Å². The summed E-state index contributed by atoms with van der Waals surface area (Å²) < 4.78 is 0. The highest BCUT2D eigenvalue weighted by Crippen LogP contribution is 2.21. The molecule has 0 spiro atoms. The van der Waals surface area contributed by atoms with Gasteiger partial charge >= 0.3 is 0 Å². The van der Waals surface area contributed by atoms with Crippen molar-refractivity contribution in [1.82, 2.24) is 14.9 Å². The lowest BCUT2D eigenvalue weighted by atomic mass is 10.2. The zero-order valence-corrected chi connectivity index (χ0v) is 14.5. The van der Waals surface area contributed by atoms with Crippen LogP contribution in [0.15, 0.2) is 53.3 Å². The molecule has 0 amide bonds. The molecule has 0 atom stereocenters. The molecule has 1 fully saturated rings. The second kappa shape index (κ2) is 6.86. The van der Waals surface area contributed by atoms with Gasteiger partial charge in [-0.3, -0.25) is 9.69 Å². The number of anilines is 1. The topological polar surface area (TPSA) is 52.2 Å². The van der Waals surface area contributed by atoms with Gasteiger partial charge in [0.05, 0.1) is 11.0 Å². The highest BCUT2D eigenvalue weighted by molar-refractivity contribution is 6.30. The fraction of sp³-hybridized carbons (Fsp3) is 0.263. The Morgan fingerprint density at radius 2 is 1.84 bits per heavy atom. The van der Waals surface area contributed by atoms with E-state index < -0.39 is 0 Å². The van der Waals surface area contributed by atoms with Gasteiger partial charge in [0, 0.05) is 43.4 Å². The number of rotatable bonds is 3. The quantitative estimate of drug-likeness (QED) is 0.785. The van der Waals surface area contributed by atoms with E-state index >= 15 is 0 Å². The molecule has 2 aromatic carbocycles. The number of benzene rings is 2. The lowest BCUT2D eigenvalue weighted by Gasteiger charge is -2.35. The first-order valence-corrected chi connectivity index (χ1v) is 8.78. The summed E-state index contributed by atoms with van der Waals surface area (Å²) in [5.41, 5.74) is 3.23. The second-order valence-corrected chi connectivity index (χ2v) is 6.71. The molecule has 128 valence electrons. The molecule has 0 radical (unpaired) electrons. The number of para-hydroxylation sites is 2. The predicted octanol–water partition coefficient (Wildman–Crippen LogP) is 2.90. The number of nitrogens with zero attached hydrogens (tertiary/aromatic N) is 3. The van der Waals surface area contributed by atoms with Crippen molar-refractivity contribution in [2.45, 2.75) is 6.54 Å². The van der Waals surface area contributed by atoms with Gasteiger partial charge < -0.3 is 9.88 Å². The van der Waals surface area contributed by atoms with Crippen molar-refractivity contribution >= 4 is 28.3 Å². The SMILES string of the molecule is O=c1[nH]c2ccccc2nc1CN1CCN(c2cccc(Cl)c2)CC1. The van der Waals surface area contributed by atoms with Crippen LogP contribution in [0.4, 0.5) is 5.69 Å². The summed E-state index contributed by atoms with van der Waals surface area (Å²) in [6.07, 6.45) is 0. The van der Waals surface area contributed by atoms with E-state index in [2.05, 4.69) is 25.8 Å². The van der Waals surface area contributed by atoms with Crippen LogP contribution in [0.25, 0.3) is 11.0 Å². The fourth-order valence-corrected chi connectivity index (χ4v) is 3.41. The lowest BCUT2D eigenvalue weighted by Crippen LogP contribution is -2.46. The molecule has 4 rings (SSSR count). The molecule has 0 saturated carbocycles. The van der Waals surface area contributed by atoms with Crippen molar-refractivity contribution in [3.63, 3.8) is 0 Å². The number of piperazine rings is 1. The molecule has 1 aliphatic heterocycles. The maximum absolute atomic E-state index is 12.3. The monoisotopic (exact) mass is 354 g/mol. The summed E-state index contributed by atoms with van der Waals surface area (Å²) in [6.45, 7) is 4.17. The Hall–Kier alpha value is -2.37. The summed E-state index contributed by atoms with van der Waals surface area (Å²) in [5.74, 6) is 0. The predicted molar refractivity (Wildman–Crippen MR) is 101 cm³/mol. The Morgan fingerprint density at radius 1 is 1.04 bits per heavy atom. The summed E-state index contributed by atoms with van der Waals surface area (Å²) in [5, 5.41) is 0.756. The van der Waals surface area contributed by atoms with Crippen LogP contribution in [-0.4, -0.2) is 41.0 Å². The Morgan fingerprint density at radius 3 is 2.64 bits per heavy atom. The van der Waals surface area contributed by atoms with Gasteiger partial charge in [-0.15, -0.1) is 0 Å². The van der Waals surface area contributed by atoms with Crippen LogP contribution in [0.2, 0.25) is 5.02 Å². The molecule has 1 N–H and O–H groups in total. The van der Waals surface area contributed by atoms with E-state index in [0.717, 1.165) is 47.9 Å². The molecule has 0 bridgehead atoms. The van der Waals surface area contributed by atoms with E-state index in [-0.39, 0.29) is 5.56 Å². The standard InChI is InChI=1S/C19H19ClN4O/c20-14-4-3-5-15(12-14)24-10-8-23(9-11-24)13-18-19(25)22-17-7-2-1-6-16(17)21-18/h1-7,12H,8-11,13H2,(H,22,25). The lowest BCUT2D eigenvalue weighted by molar-refractivity contribution is 0.246. The van der Waals surface area contributed by atoms with Gasteiger partial charge in [0.25, 0.3) is 5.56 Å². The molecular formula is C19H19ClN4O. The van der Waals surface area contributed by atoms with E-state index in [1.165, 1.54) is 0 Å². The number of fused-ring (bicyclic) bond motifs is 1. The number of H-pyrrole nitrogens is 1. The Balaban J connectivity index is 1.45. The van der Waals surface area contributed by atoms with E-state index in [1.807, 2.05) is 42.5 Å². The molecule has 1 aliphatic rings. The minimum absolute atomic E-state index is 0.101. The molecule has 1 saturated heterocycles. The van der Waals surface area contributed by atoms with Crippen LogP contribution in [0, 0.1) is 0 Å². The average molecular weight is 355 g/mol. The third-order valence-corrected chi connectivity index (χ3v) is 4.82. The normalized spacial score (nSPS) is 15.6. The Bertz CT molecular complexity index is 947. The van der Waals surface area contributed by atoms with Crippen molar-refractivity contribution in [2.75, 3.05) is 31.1 Å². The third kappa shape index (κ3) is 3.52. The largest absolute Gasteiger partial charge is 0.369 e. The van der Waals surface area contributed by atoms with Crippen molar-refractivity contribution in [2.24, 2.45) is 0 Å². The van der Waals surface area contributed by atoms with Gasteiger partial charge in [-0.25, -0.2) is 4.98 Å². The summed E-state index contributed by atoms with van der Waals surface area (Å²) in [4.78, 5) is 24.3. The number of hydrogen-bond donors (Lipinski definition) is 1. The van der Waals surface area contributed by atoms with Crippen LogP contribution in [0.5, 0.6) is 0 Å². The highest BCUT2D eigenvalue weighted by atomic mass is 35.5. The van der Waals surface area contributed by atoms with Gasteiger partial charge in [-0.1, -0.05) is 29.8 Å². The zero-order chi connectivity index (χ0) is 17.2. The minimum atomic E-state index is -0.101. The number of aromatic amines is 1. The van der Waals surface area contributed by atoms with Crippen LogP contribution < -0.4 is 10.5 Å². The van der Waals surface area contributed by atoms with Crippen molar-refractivity contribution < 1.29 is 0 Å². The third-order valence-electron chi connectivity index (χ3n) is 4.59. The van der Waals surface area contributed by atoms with Gasteiger partial charge in [-0.05, 0) is 30.3 Å². The average Bonchev–Trinajstić information content (AvgIpc) is 2.63. The minimum Gasteiger partial charge on any atom is -0.369 e. The highest BCUT2D eigenvalue weighted by Gasteiger charge is 2.19. The maximum Gasteiger partial charge on any atom is 0.271 e. The molecular weight excluding hydrogens is 336 g/mol. The number of halogens is 1. The molecule has 0 aliphatic carbocycles. The number of nitrogens with one attached hydrogen (secondary N) is 1. The Kier molecular flexibility index (Phi) is 4.42. The van der Waals surface area contributed by atoms with Crippen LogP contribution >= 0.6 is 11.6 Å². The van der Waals surface area contributed by atoms with Crippen molar-refractivity contribution in [3.05, 3.63) is 69.6 Å². The number of hydrogen-bond acceptors (Lipinski definition) is 4. The Labute approximate surface area is 150 Å². The summed E-state index contributed by atoms with van der Waals surface area (Å²) in [7, 11) is 0. The first kappa shape index (κ1) is 16.1. The van der Waals surface area contributed by atoms with E-state index in [0.29, 0.717) is 12.2 Å². The van der Waals surface area contributed by atoms with E-state index in [9.17, 15) is 4.79 Å². The van der Waals surface area contributed by atoms with Gasteiger partial charge in [0.15, 0.2) is 0 Å². The van der Waals surface area contributed by atoms with Gasteiger partial charge in [0.2, 0.25) is 0 Å². The van der Waals surface area contributed by atoms with Crippen molar-refractivity contribution in [3.8, 4) is 0 Å². The van der Waals surface area contributed by atoms with E-state index in [4.69, 9.17) is 11.6 Å². The van der Waals surface area contributed by atoms with Gasteiger partial charge in [0.1, 0.15) is 5.69 Å². The van der Waals surface area contributed by atoms with Crippen LogP contribution in [0.3, 0.4) is 0 Å². The van der Waals surface area contributed by atoms with Gasteiger partial charge in [-0.2, -0.15) is 0 Å². The molecule has 5 nitrogen and oxygen atoms in total. The summed E-state index contributed by atoms with van der Waals surface area (Å²) >= 11 is 6.08. The smallest absolute Gasteiger partial charge is 0.271 e. The molecule has 25 heavy (non-hydrogen) atoms.